The van der Waals surface area contributed by atoms with Gasteiger partial charge in [-0.25, -0.2) is 5.01 Å². The number of rotatable bonds is 3. The zero-order chi connectivity index (χ0) is 14.7. The molecule has 0 saturated carbocycles. The summed E-state index contributed by atoms with van der Waals surface area (Å²) >= 11 is 0. The van der Waals surface area contributed by atoms with E-state index in [9.17, 15) is 9.59 Å². The minimum atomic E-state index is -0.439. The standard InChI is InChI=1S/C15H12N4O2/c20-14-13(10-17-11-6-8-16-9-7-11)15(21)19(18-14)12-4-2-1-3-5-12/h1-10H,(H,16,17)(H,18,20)/b13-10+. The van der Waals surface area contributed by atoms with E-state index < -0.39 is 11.8 Å². The topological polar surface area (TPSA) is 74.3 Å². The highest BCUT2D eigenvalue weighted by Crippen LogP contribution is 2.19. The number of nitrogens with one attached hydrogen (secondary N) is 2. The fourth-order valence-electron chi connectivity index (χ4n) is 1.92. The van der Waals surface area contributed by atoms with E-state index in [2.05, 4.69) is 15.7 Å². The predicted molar refractivity (Wildman–Crippen MR) is 78.0 cm³/mol. The van der Waals surface area contributed by atoms with Gasteiger partial charge in [-0.2, -0.15) is 0 Å². The molecule has 0 radical (unpaired) electrons. The Hall–Kier alpha value is -3.15. The van der Waals surface area contributed by atoms with E-state index in [1.807, 2.05) is 6.07 Å². The van der Waals surface area contributed by atoms with Crippen molar-refractivity contribution in [1.82, 2.24) is 10.4 Å². The Morgan fingerprint density at radius 2 is 1.76 bits per heavy atom. The largest absolute Gasteiger partial charge is 0.361 e. The maximum atomic E-state index is 12.3. The Labute approximate surface area is 121 Å². The third kappa shape index (κ3) is 2.59. The molecule has 1 aliphatic rings. The molecule has 3 rings (SSSR count). The van der Waals surface area contributed by atoms with Crippen LogP contribution in [0.25, 0.3) is 0 Å². The molecule has 1 fully saturated rings. The van der Waals surface area contributed by atoms with Gasteiger partial charge in [0.2, 0.25) is 0 Å². The van der Waals surface area contributed by atoms with Crippen LogP contribution in [0.3, 0.4) is 0 Å². The summed E-state index contributed by atoms with van der Waals surface area (Å²) in [4.78, 5) is 28.0. The highest BCUT2D eigenvalue weighted by molar-refractivity contribution is 6.29. The summed E-state index contributed by atoms with van der Waals surface area (Å²) in [6.07, 6.45) is 4.64. The van der Waals surface area contributed by atoms with Gasteiger partial charge >= 0.3 is 0 Å². The quantitative estimate of drug-likeness (QED) is 0.659. The van der Waals surface area contributed by atoms with Crippen molar-refractivity contribution in [1.29, 1.82) is 0 Å². The Morgan fingerprint density at radius 3 is 2.48 bits per heavy atom. The zero-order valence-corrected chi connectivity index (χ0v) is 11.0. The van der Waals surface area contributed by atoms with Crippen LogP contribution in [0.1, 0.15) is 0 Å². The fourth-order valence-corrected chi connectivity index (χ4v) is 1.92. The van der Waals surface area contributed by atoms with Crippen LogP contribution in [0.15, 0.2) is 66.6 Å². The van der Waals surface area contributed by atoms with Crippen molar-refractivity contribution >= 4 is 23.2 Å². The molecule has 0 aliphatic carbocycles. The number of benzene rings is 1. The summed E-state index contributed by atoms with van der Waals surface area (Å²) in [5.41, 5.74) is 3.94. The minimum absolute atomic E-state index is 0.0515. The van der Waals surface area contributed by atoms with Gasteiger partial charge in [0.25, 0.3) is 11.8 Å². The summed E-state index contributed by atoms with van der Waals surface area (Å²) < 4.78 is 0. The van der Waals surface area contributed by atoms with Crippen LogP contribution in [0.5, 0.6) is 0 Å². The molecule has 21 heavy (non-hydrogen) atoms. The first-order chi connectivity index (χ1) is 10.3. The van der Waals surface area contributed by atoms with E-state index in [1.54, 1.807) is 48.8 Å². The molecule has 1 aliphatic heterocycles. The molecule has 0 atom stereocenters. The predicted octanol–water partition coefficient (Wildman–Crippen LogP) is 1.46. The van der Waals surface area contributed by atoms with Crippen molar-refractivity contribution in [3.8, 4) is 0 Å². The number of aromatic nitrogens is 1. The second-order valence-electron chi connectivity index (χ2n) is 4.36. The van der Waals surface area contributed by atoms with Gasteiger partial charge in [-0.05, 0) is 24.3 Å². The van der Waals surface area contributed by atoms with E-state index in [0.29, 0.717) is 5.69 Å². The average molecular weight is 280 g/mol. The number of nitrogens with zero attached hydrogens (tertiary/aromatic N) is 2. The molecule has 6 nitrogen and oxygen atoms in total. The minimum Gasteiger partial charge on any atom is -0.361 e. The van der Waals surface area contributed by atoms with Crippen molar-refractivity contribution in [2.24, 2.45) is 0 Å². The first-order valence-corrected chi connectivity index (χ1v) is 6.33. The first-order valence-electron chi connectivity index (χ1n) is 6.33. The maximum Gasteiger partial charge on any atom is 0.284 e. The number of anilines is 2. The van der Waals surface area contributed by atoms with Crippen LogP contribution in [-0.2, 0) is 9.59 Å². The van der Waals surface area contributed by atoms with Crippen LogP contribution >= 0.6 is 0 Å². The summed E-state index contributed by atoms with van der Waals surface area (Å²) in [7, 11) is 0. The van der Waals surface area contributed by atoms with Crippen LogP contribution < -0.4 is 15.8 Å². The lowest BCUT2D eigenvalue weighted by molar-refractivity contribution is -0.117. The molecule has 2 amide bonds. The lowest BCUT2D eigenvalue weighted by atomic mass is 10.2. The highest BCUT2D eigenvalue weighted by Gasteiger charge is 2.34. The molecule has 1 aromatic carbocycles. The molecule has 2 N–H and O–H groups in total. The molecular formula is C15H12N4O2. The van der Waals surface area contributed by atoms with Gasteiger partial charge in [-0.1, -0.05) is 18.2 Å². The van der Waals surface area contributed by atoms with Crippen molar-refractivity contribution < 1.29 is 9.59 Å². The van der Waals surface area contributed by atoms with Gasteiger partial charge in [0, 0.05) is 24.3 Å². The van der Waals surface area contributed by atoms with E-state index in [-0.39, 0.29) is 5.57 Å². The van der Waals surface area contributed by atoms with Crippen molar-refractivity contribution in [3.63, 3.8) is 0 Å². The normalized spacial score (nSPS) is 16.2. The molecule has 1 saturated heterocycles. The van der Waals surface area contributed by atoms with Crippen LogP contribution in [0.2, 0.25) is 0 Å². The molecule has 0 spiro atoms. The summed E-state index contributed by atoms with van der Waals surface area (Å²) in [6, 6.07) is 12.4. The van der Waals surface area contributed by atoms with Crippen LogP contribution in [-0.4, -0.2) is 16.8 Å². The Bertz CT molecular complexity index is 698. The lowest BCUT2D eigenvalue weighted by Gasteiger charge is -2.13. The molecule has 1 aromatic heterocycles. The molecule has 2 aromatic rings. The number of hydrazine groups is 1. The van der Waals surface area contributed by atoms with Crippen molar-refractivity contribution in [2.75, 3.05) is 10.3 Å². The van der Waals surface area contributed by atoms with Crippen LogP contribution in [0, 0.1) is 0 Å². The van der Waals surface area contributed by atoms with Gasteiger partial charge in [0.05, 0.1) is 5.69 Å². The zero-order valence-electron chi connectivity index (χ0n) is 11.0. The molecule has 104 valence electrons. The van der Waals surface area contributed by atoms with E-state index >= 15 is 0 Å². The summed E-state index contributed by atoms with van der Waals surface area (Å²) in [5, 5.41) is 4.13. The monoisotopic (exact) mass is 280 g/mol. The molecular weight excluding hydrogens is 268 g/mol. The number of carbonyl (C=O) groups is 2. The van der Waals surface area contributed by atoms with Gasteiger partial charge in [-0.15, -0.1) is 0 Å². The van der Waals surface area contributed by atoms with Crippen LogP contribution in [0.4, 0.5) is 11.4 Å². The van der Waals surface area contributed by atoms with E-state index in [1.165, 1.54) is 11.2 Å². The molecule has 2 heterocycles. The molecule has 0 unspecified atom stereocenters. The van der Waals surface area contributed by atoms with Gasteiger partial charge in [0.15, 0.2) is 0 Å². The Balaban J connectivity index is 1.81. The lowest BCUT2D eigenvalue weighted by Crippen LogP contribution is -2.35. The summed E-state index contributed by atoms with van der Waals surface area (Å²) in [5.74, 6) is -0.835. The van der Waals surface area contributed by atoms with Gasteiger partial charge < -0.3 is 5.32 Å². The molecule has 6 heteroatoms. The van der Waals surface area contributed by atoms with Crippen molar-refractivity contribution in [2.45, 2.75) is 0 Å². The third-order valence-corrected chi connectivity index (χ3v) is 2.97. The molecule has 0 bridgehead atoms. The summed E-state index contributed by atoms with van der Waals surface area (Å²) in [6.45, 7) is 0. The van der Waals surface area contributed by atoms with E-state index in [0.717, 1.165) is 5.69 Å². The number of carbonyl (C=O) groups excluding carboxylic acids is 2. The first kappa shape index (κ1) is 12.9. The Kier molecular flexibility index (Phi) is 3.34. The SMILES string of the molecule is O=C1NN(c2ccccc2)C(=O)/C1=C/Nc1ccncc1. The number of hydrogen-bond acceptors (Lipinski definition) is 4. The van der Waals surface area contributed by atoms with Gasteiger partial charge in [-0.3, -0.25) is 20.0 Å². The third-order valence-electron chi connectivity index (χ3n) is 2.97. The fraction of sp³-hybridized carbons (Fsp3) is 0. The second-order valence-corrected chi connectivity index (χ2v) is 4.36. The number of amides is 2. The maximum absolute atomic E-state index is 12.3. The smallest absolute Gasteiger partial charge is 0.284 e. The second kappa shape index (κ2) is 5.46. The number of pyridine rings is 1. The van der Waals surface area contributed by atoms with Gasteiger partial charge in [0.1, 0.15) is 5.57 Å². The van der Waals surface area contributed by atoms with E-state index in [4.69, 9.17) is 0 Å². The highest BCUT2D eigenvalue weighted by atomic mass is 16.2. The average Bonchev–Trinajstić information content (AvgIpc) is 2.82. The van der Waals surface area contributed by atoms with Crippen molar-refractivity contribution in [3.05, 3.63) is 66.6 Å². The number of para-hydroxylation sites is 1. The number of hydrogen-bond donors (Lipinski definition) is 2. The Morgan fingerprint density at radius 1 is 1.05 bits per heavy atom.